The number of hydrogen-bond donors (Lipinski definition) is 0. The van der Waals surface area contributed by atoms with Crippen molar-refractivity contribution in [1.29, 1.82) is 0 Å². The van der Waals surface area contributed by atoms with E-state index in [-0.39, 0.29) is 5.56 Å². The van der Waals surface area contributed by atoms with Gasteiger partial charge in [-0.1, -0.05) is 49.4 Å². The van der Waals surface area contributed by atoms with Crippen molar-refractivity contribution >= 4 is 10.8 Å². The van der Waals surface area contributed by atoms with Gasteiger partial charge in [0.25, 0.3) is 5.56 Å². The Kier molecular flexibility index (Phi) is 4.32. The van der Waals surface area contributed by atoms with Crippen LogP contribution in [0.4, 0.5) is 8.78 Å². The second-order valence-corrected chi connectivity index (χ2v) is 6.36. The summed E-state index contributed by atoms with van der Waals surface area (Å²) >= 11 is 0. The van der Waals surface area contributed by atoms with Gasteiger partial charge in [-0.3, -0.25) is 9.36 Å². The van der Waals surface area contributed by atoms with Gasteiger partial charge in [-0.2, -0.15) is 0 Å². The highest BCUT2D eigenvalue weighted by Gasteiger charge is 2.15. The molecule has 0 N–H and O–H groups in total. The molecule has 4 heteroatoms. The first-order chi connectivity index (χ1) is 13.1. The Labute approximate surface area is 155 Å². The predicted molar refractivity (Wildman–Crippen MR) is 104 cm³/mol. The average Bonchev–Trinajstić information content (AvgIpc) is 2.70. The molecule has 0 spiro atoms. The third kappa shape index (κ3) is 2.93. The van der Waals surface area contributed by atoms with Gasteiger partial charge in [0.15, 0.2) is 11.6 Å². The number of halogens is 2. The van der Waals surface area contributed by atoms with E-state index in [9.17, 15) is 13.6 Å². The molecule has 0 atom stereocenters. The quantitative estimate of drug-likeness (QED) is 0.472. The van der Waals surface area contributed by atoms with Crippen LogP contribution in [0, 0.1) is 11.6 Å². The molecule has 0 aliphatic carbocycles. The second kappa shape index (κ2) is 6.80. The third-order valence-corrected chi connectivity index (χ3v) is 4.73. The molecule has 0 radical (unpaired) electrons. The van der Waals surface area contributed by atoms with Crippen molar-refractivity contribution in [2.45, 2.75) is 13.3 Å². The van der Waals surface area contributed by atoms with E-state index >= 15 is 0 Å². The Hall–Kier alpha value is -3.27. The van der Waals surface area contributed by atoms with E-state index in [2.05, 4.69) is 0 Å². The second-order valence-electron chi connectivity index (χ2n) is 6.36. The van der Waals surface area contributed by atoms with E-state index in [0.717, 1.165) is 28.9 Å². The molecule has 4 aromatic rings. The molecular weight excluding hydrogens is 344 g/mol. The van der Waals surface area contributed by atoms with Crippen LogP contribution in [0.1, 0.15) is 12.6 Å². The lowest BCUT2D eigenvalue weighted by Gasteiger charge is -2.15. The fraction of sp³-hybridized carbons (Fsp3) is 0.0870. The van der Waals surface area contributed by atoms with Gasteiger partial charge in [0.2, 0.25) is 0 Å². The van der Waals surface area contributed by atoms with Crippen molar-refractivity contribution < 1.29 is 8.78 Å². The smallest absolute Gasteiger partial charge is 0.263 e. The number of para-hydroxylation sites is 1. The van der Waals surface area contributed by atoms with Crippen LogP contribution < -0.4 is 5.56 Å². The molecule has 134 valence electrons. The summed E-state index contributed by atoms with van der Waals surface area (Å²) in [5, 5.41) is 1.27. The Morgan fingerprint density at radius 2 is 1.63 bits per heavy atom. The highest BCUT2D eigenvalue weighted by atomic mass is 19.2. The van der Waals surface area contributed by atoms with Crippen molar-refractivity contribution in [3.05, 3.63) is 100 Å². The van der Waals surface area contributed by atoms with Crippen LogP contribution in [0.25, 0.3) is 27.6 Å². The van der Waals surface area contributed by atoms with Crippen LogP contribution in [0.5, 0.6) is 0 Å². The molecule has 1 aromatic heterocycles. The topological polar surface area (TPSA) is 22.0 Å². The molecule has 3 aromatic carbocycles. The van der Waals surface area contributed by atoms with Crippen LogP contribution in [0.2, 0.25) is 0 Å². The Morgan fingerprint density at radius 3 is 2.33 bits per heavy atom. The van der Waals surface area contributed by atoms with Crippen molar-refractivity contribution in [2.24, 2.45) is 0 Å². The van der Waals surface area contributed by atoms with Gasteiger partial charge >= 0.3 is 0 Å². The lowest BCUT2D eigenvalue weighted by molar-refractivity contribution is 0.509. The maximum Gasteiger partial charge on any atom is 0.263 e. The molecule has 0 aliphatic rings. The predicted octanol–water partition coefficient (Wildman–Crippen LogP) is 5.50. The molecule has 27 heavy (non-hydrogen) atoms. The molecule has 0 bridgehead atoms. The standard InChI is InChI=1S/C23H17F2NO/c1-2-17-13-16-7-6-10-19(15-11-12-20(24)21(25)14-15)22(16)23(27)26(17)18-8-4-3-5-9-18/h3-14H,2H2,1H3. The summed E-state index contributed by atoms with van der Waals surface area (Å²) in [6.07, 6.45) is 0.690. The summed E-state index contributed by atoms with van der Waals surface area (Å²) in [5.74, 6) is -1.84. The molecule has 1 heterocycles. The number of nitrogens with zero attached hydrogens (tertiary/aromatic N) is 1. The first-order valence-electron chi connectivity index (χ1n) is 8.78. The number of pyridine rings is 1. The maximum atomic E-state index is 13.8. The molecular formula is C23H17F2NO. The summed E-state index contributed by atoms with van der Waals surface area (Å²) in [5.41, 5.74) is 2.56. The highest BCUT2D eigenvalue weighted by molar-refractivity contribution is 5.96. The third-order valence-electron chi connectivity index (χ3n) is 4.73. The van der Waals surface area contributed by atoms with Gasteiger partial charge in [-0.15, -0.1) is 0 Å². The van der Waals surface area contributed by atoms with E-state index in [1.807, 2.05) is 55.5 Å². The fourth-order valence-corrected chi connectivity index (χ4v) is 3.44. The summed E-state index contributed by atoms with van der Waals surface area (Å²) in [7, 11) is 0. The zero-order chi connectivity index (χ0) is 19.0. The largest absolute Gasteiger partial charge is 0.281 e. The van der Waals surface area contributed by atoms with Crippen molar-refractivity contribution in [2.75, 3.05) is 0 Å². The van der Waals surface area contributed by atoms with Crippen LogP contribution in [0.3, 0.4) is 0 Å². The molecule has 4 rings (SSSR count). The SMILES string of the molecule is CCc1cc2cccc(-c3ccc(F)c(F)c3)c2c(=O)n1-c1ccccc1. The van der Waals surface area contributed by atoms with E-state index < -0.39 is 11.6 Å². The Bertz CT molecular complexity index is 1200. The zero-order valence-corrected chi connectivity index (χ0v) is 14.7. The van der Waals surface area contributed by atoms with Gasteiger partial charge in [-0.25, -0.2) is 8.78 Å². The van der Waals surface area contributed by atoms with E-state index in [4.69, 9.17) is 0 Å². The number of aryl methyl sites for hydroxylation is 1. The van der Waals surface area contributed by atoms with Gasteiger partial charge < -0.3 is 0 Å². The molecule has 2 nitrogen and oxygen atoms in total. The minimum atomic E-state index is -0.932. The highest BCUT2D eigenvalue weighted by Crippen LogP contribution is 2.29. The Morgan fingerprint density at radius 1 is 0.852 bits per heavy atom. The normalized spacial score (nSPS) is 11.1. The monoisotopic (exact) mass is 361 g/mol. The van der Waals surface area contributed by atoms with Gasteiger partial charge in [0, 0.05) is 11.4 Å². The maximum absolute atomic E-state index is 13.8. The van der Waals surface area contributed by atoms with E-state index in [0.29, 0.717) is 22.9 Å². The minimum Gasteiger partial charge on any atom is -0.281 e. The lowest BCUT2D eigenvalue weighted by Crippen LogP contribution is -2.22. The van der Waals surface area contributed by atoms with Gasteiger partial charge in [0.05, 0.1) is 5.39 Å². The number of benzene rings is 3. The average molecular weight is 361 g/mol. The summed E-state index contributed by atoms with van der Waals surface area (Å²) in [6, 6.07) is 20.6. The molecule has 0 amide bonds. The summed E-state index contributed by atoms with van der Waals surface area (Å²) < 4.78 is 28.8. The lowest BCUT2D eigenvalue weighted by atomic mass is 9.98. The van der Waals surface area contributed by atoms with Crippen LogP contribution in [-0.2, 0) is 6.42 Å². The van der Waals surface area contributed by atoms with Crippen LogP contribution in [0.15, 0.2) is 77.6 Å². The molecule has 0 aliphatic heterocycles. The number of rotatable bonds is 3. The molecule has 0 unspecified atom stereocenters. The van der Waals surface area contributed by atoms with Crippen molar-refractivity contribution in [3.63, 3.8) is 0 Å². The van der Waals surface area contributed by atoms with Crippen molar-refractivity contribution in [3.8, 4) is 16.8 Å². The Balaban J connectivity index is 2.08. The molecule has 0 saturated heterocycles. The van der Waals surface area contributed by atoms with Crippen LogP contribution >= 0.6 is 0 Å². The number of fused-ring (bicyclic) bond motifs is 1. The molecule has 0 fully saturated rings. The van der Waals surface area contributed by atoms with E-state index in [1.54, 1.807) is 10.6 Å². The first kappa shape index (κ1) is 17.2. The van der Waals surface area contributed by atoms with Crippen LogP contribution in [-0.4, -0.2) is 4.57 Å². The zero-order valence-electron chi connectivity index (χ0n) is 14.7. The minimum absolute atomic E-state index is 0.170. The summed E-state index contributed by atoms with van der Waals surface area (Å²) in [4.78, 5) is 13.4. The number of aromatic nitrogens is 1. The van der Waals surface area contributed by atoms with Gasteiger partial charge in [0.1, 0.15) is 0 Å². The summed E-state index contributed by atoms with van der Waals surface area (Å²) in [6.45, 7) is 2.00. The molecule has 0 saturated carbocycles. The van der Waals surface area contributed by atoms with Crippen molar-refractivity contribution in [1.82, 2.24) is 4.57 Å². The van der Waals surface area contributed by atoms with Gasteiger partial charge in [-0.05, 0) is 53.3 Å². The first-order valence-corrected chi connectivity index (χ1v) is 8.78. The fourth-order valence-electron chi connectivity index (χ4n) is 3.44. The number of hydrogen-bond acceptors (Lipinski definition) is 1. The van der Waals surface area contributed by atoms with E-state index in [1.165, 1.54) is 6.07 Å².